The molecule has 2 aliphatic rings. The van der Waals surface area contributed by atoms with E-state index in [9.17, 15) is 4.79 Å². The number of fused-ring (bicyclic) bond motifs is 1. The second-order valence-electron chi connectivity index (χ2n) is 6.59. The lowest BCUT2D eigenvalue weighted by molar-refractivity contribution is 0.109. The van der Waals surface area contributed by atoms with Gasteiger partial charge in [0.2, 0.25) is 0 Å². The maximum atomic E-state index is 12.6. The molecule has 8 nitrogen and oxygen atoms in total. The van der Waals surface area contributed by atoms with Gasteiger partial charge in [0, 0.05) is 43.9 Å². The van der Waals surface area contributed by atoms with Gasteiger partial charge in [0.05, 0.1) is 38.4 Å². The molecule has 2 aliphatic heterocycles. The summed E-state index contributed by atoms with van der Waals surface area (Å²) in [5, 5.41) is 2.95. The summed E-state index contributed by atoms with van der Waals surface area (Å²) in [6.07, 6.45) is 4.26. The number of anilines is 2. The molecule has 1 saturated heterocycles. The monoisotopic (exact) mass is 369 g/mol. The minimum Gasteiger partial charge on any atom is -0.495 e. The van der Waals surface area contributed by atoms with Gasteiger partial charge < -0.3 is 24.6 Å². The summed E-state index contributed by atoms with van der Waals surface area (Å²) in [6, 6.07) is 5.69. The average Bonchev–Trinajstić information content (AvgIpc) is 2.74. The Morgan fingerprint density at radius 3 is 2.78 bits per heavy atom. The van der Waals surface area contributed by atoms with Crippen molar-refractivity contribution in [3.8, 4) is 5.75 Å². The van der Waals surface area contributed by atoms with Gasteiger partial charge in [-0.25, -0.2) is 9.78 Å². The van der Waals surface area contributed by atoms with Gasteiger partial charge in [-0.15, -0.1) is 0 Å². The molecule has 142 valence electrons. The highest BCUT2D eigenvalue weighted by Gasteiger charge is 2.22. The molecule has 0 atom stereocenters. The maximum Gasteiger partial charge on any atom is 0.322 e. The van der Waals surface area contributed by atoms with E-state index in [2.05, 4.69) is 20.2 Å². The first-order valence-corrected chi connectivity index (χ1v) is 9.09. The van der Waals surface area contributed by atoms with E-state index in [4.69, 9.17) is 9.47 Å². The Hall–Kier alpha value is -2.87. The fraction of sp³-hybridized carbons (Fsp3) is 0.421. The van der Waals surface area contributed by atoms with Crippen molar-refractivity contribution < 1.29 is 14.3 Å². The molecule has 4 heterocycles. The highest BCUT2D eigenvalue weighted by atomic mass is 16.5. The molecular weight excluding hydrogens is 346 g/mol. The van der Waals surface area contributed by atoms with Crippen molar-refractivity contribution in [1.82, 2.24) is 14.9 Å². The number of piperazine rings is 1. The number of nitrogens with one attached hydrogen (secondary N) is 1. The van der Waals surface area contributed by atoms with Crippen LogP contribution in [0.25, 0.3) is 0 Å². The van der Waals surface area contributed by atoms with Gasteiger partial charge in [-0.2, -0.15) is 0 Å². The molecule has 2 aromatic heterocycles. The van der Waals surface area contributed by atoms with Gasteiger partial charge >= 0.3 is 6.03 Å². The van der Waals surface area contributed by atoms with Gasteiger partial charge in [0.1, 0.15) is 11.6 Å². The molecular formula is C19H23N5O3. The van der Waals surface area contributed by atoms with Crippen LogP contribution in [0.1, 0.15) is 11.3 Å². The Kier molecular flexibility index (Phi) is 5.06. The number of methoxy groups -OCH3 is 1. The van der Waals surface area contributed by atoms with Crippen LogP contribution in [0.5, 0.6) is 5.75 Å². The molecule has 0 radical (unpaired) electrons. The number of nitrogens with zero attached hydrogens (tertiary/aromatic N) is 4. The van der Waals surface area contributed by atoms with E-state index in [1.165, 1.54) is 0 Å². The SMILES string of the molecule is COc1ccc(N2CCN(C(=O)Nc3cnc4c(c3)COCC4)CC2)nc1. The van der Waals surface area contributed by atoms with E-state index in [0.29, 0.717) is 32.0 Å². The first-order chi connectivity index (χ1) is 13.2. The molecule has 0 spiro atoms. The van der Waals surface area contributed by atoms with Crippen molar-refractivity contribution in [2.75, 3.05) is 50.1 Å². The Bertz CT molecular complexity index is 803. The van der Waals surface area contributed by atoms with Crippen LogP contribution < -0.4 is 15.0 Å². The van der Waals surface area contributed by atoms with Crippen molar-refractivity contribution in [2.45, 2.75) is 13.0 Å². The maximum absolute atomic E-state index is 12.6. The number of pyridine rings is 2. The van der Waals surface area contributed by atoms with Crippen LogP contribution in [-0.4, -0.2) is 60.8 Å². The summed E-state index contributed by atoms with van der Waals surface area (Å²) in [7, 11) is 1.62. The quantitative estimate of drug-likeness (QED) is 0.890. The van der Waals surface area contributed by atoms with Crippen LogP contribution >= 0.6 is 0 Å². The first-order valence-electron chi connectivity index (χ1n) is 9.09. The molecule has 27 heavy (non-hydrogen) atoms. The lowest BCUT2D eigenvalue weighted by Crippen LogP contribution is -2.50. The van der Waals surface area contributed by atoms with E-state index in [-0.39, 0.29) is 6.03 Å². The van der Waals surface area contributed by atoms with E-state index in [1.807, 2.05) is 23.1 Å². The highest BCUT2D eigenvalue weighted by Crippen LogP contribution is 2.20. The third-order valence-corrected chi connectivity index (χ3v) is 4.90. The summed E-state index contributed by atoms with van der Waals surface area (Å²) >= 11 is 0. The molecule has 0 unspecified atom stereocenters. The number of carbonyl (C=O) groups is 1. The van der Waals surface area contributed by atoms with Crippen LogP contribution in [0, 0.1) is 0 Å². The number of rotatable bonds is 3. The summed E-state index contributed by atoms with van der Waals surface area (Å²) in [5.74, 6) is 1.63. The fourth-order valence-corrected chi connectivity index (χ4v) is 3.33. The first kappa shape index (κ1) is 17.5. The predicted molar refractivity (Wildman–Crippen MR) is 101 cm³/mol. The predicted octanol–water partition coefficient (Wildman–Crippen LogP) is 1.91. The number of aromatic nitrogens is 2. The van der Waals surface area contributed by atoms with Crippen molar-refractivity contribution in [1.29, 1.82) is 0 Å². The largest absolute Gasteiger partial charge is 0.495 e. The molecule has 1 fully saturated rings. The van der Waals surface area contributed by atoms with Gasteiger partial charge in [-0.3, -0.25) is 4.98 Å². The van der Waals surface area contributed by atoms with E-state index < -0.39 is 0 Å². The summed E-state index contributed by atoms with van der Waals surface area (Å²) in [6.45, 7) is 4.02. The molecule has 0 saturated carbocycles. The third kappa shape index (κ3) is 3.95. The number of carbonyl (C=O) groups excluding carboxylic acids is 1. The topological polar surface area (TPSA) is 79.8 Å². The van der Waals surface area contributed by atoms with Crippen molar-refractivity contribution in [2.24, 2.45) is 0 Å². The van der Waals surface area contributed by atoms with Gasteiger partial charge in [-0.1, -0.05) is 0 Å². The van der Waals surface area contributed by atoms with Crippen LogP contribution in [0.2, 0.25) is 0 Å². The molecule has 1 N–H and O–H groups in total. The summed E-state index contributed by atoms with van der Waals surface area (Å²) in [4.78, 5) is 25.4. The lowest BCUT2D eigenvalue weighted by atomic mass is 10.1. The molecule has 0 aliphatic carbocycles. The van der Waals surface area contributed by atoms with Crippen LogP contribution in [-0.2, 0) is 17.8 Å². The number of urea groups is 1. The smallest absolute Gasteiger partial charge is 0.322 e. The molecule has 4 rings (SSSR count). The molecule has 2 amide bonds. The number of ether oxygens (including phenoxy) is 2. The Morgan fingerprint density at radius 1 is 1.19 bits per heavy atom. The Morgan fingerprint density at radius 2 is 2.04 bits per heavy atom. The van der Waals surface area contributed by atoms with E-state index in [1.54, 1.807) is 19.5 Å². The Balaban J connectivity index is 1.33. The minimum absolute atomic E-state index is 0.101. The number of amides is 2. The third-order valence-electron chi connectivity index (χ3n) is 4.90. The zero-order chi connectivity index (χ0) is 18.6. The van der Waals surface area contributed by atoms with Crippen molar-refractivity contribution in [3.05, 3.63) is 41.9 Å². The second kappa shape index (κ2) is 7.79. The standard InChI is InChI=1S/C19H23N5O3/c1-26-16-2-3-18(21-12-16)23-5-7-24(8-6-23)19(25)22-15-10-14-13-27-9-4-17(14)20-11-15/h2-3,10-12H,4-9,13H2,1H3,(H,22,25). The van der Waals surface area contributed by atoms with Crippen molar-refractivity contribution >= 4 is 17.5 Å². The molecule has 0 aromatic carbocycles. The fourth-order valence-electron chi connectivity index (χ4n) is 3.33. The normalized spacial score (nSPS) is 16.6. The number of hydrogen-bond donors (Lipinski definition) is 1. The van der Waals surface area contributed by atoms with E-state index in [0.717, 1.165) is 42.3 Å². The molecule has 8 heteroatoms. The minimum atomic E-state index is -0.101. The average molecular weight is 369 g/mol. The summed E-state index contributed by atoms with van der Waals surface area (Å²) < 4.78 is 10.6. The zero-order valence-electron chi connectivity index (χ0n) is 15.4. The van der Waals surface area contributed by atoms with Crippen LogP contribution in [0.15, 0.2) is 30.6 Å². The van der Waals surface area contributed by atoms with Crippen molar-refractivity contribution in [3.63, 3.8) is 0 Å². The van der Waals surface area contributed by atoms with Gasteiger partial charge in [-0.05, 0) is 18.2 Å². The summed E-state index contributed by atoms with van der Waals surface area (Å²) in [5.41, 5.74) is 2.82. The Labute approximate surface area is 158 Å². The van der Waals surface area contributed by atoms with Crippen LogP contribution in [0.3, 0.4) is 0 Å². The van der Waals surface area contributed by atoms with Crippen LogP contribution in [0.4, 0.5) is 16.3 Å². The second-order valence-corrected chi connectivity index (χ2v) is 6.59. The van der Waals surface area contributed by atoms with E-state index >= 15 is 0 Å². The highest BCUT2D eigenvalue weighted by molar-refractivity contribution is 5.89. The molecule has 2 aromatic rings. The molecule has 0 bridgehead atoms. The van der Waals surface area contributed by atoms with Gasteiger partial charge in [0.15, 0.2) is 0 Å². The zero-order valence-corrected chi connectivity index (χ0v) is 15.4. The van der Waals surface area contributed by atoms with Gasteiger partial charge in [0.25, 0.3) is 0 Å². The lowest BCUT2D eigenvalue weighted by Gasteiger charge is -2.35. The number of hydrogen-bond acceptors (Lipinski definition) is 6.